The molecule has 1 N–H and O–H groups in total. The minimum atomic E-state index is -1.25. The number of rotatable bonds is 8. The molecule has 5 atom stereocenters. The quantitative estimate of drug-likeness (QED) is 0.451. The third-order valence-electron chi connectivity index (χ3n) is 4.43. The second kappa shape index (κ2) is 11.5. The van der Waals surface area contributed by atoms with E-state index in [9.17, 15) is 23.6 Å². The van der Waals surface area contributed by atoms with Crippen molar-refractivity contribution in [1.82, 2.24) is 5.32 Å². The van der Waals surface area contributed by atoms with Gasteiger partial charge in [0.1, 0.15) is 24.6 Å². The zero-order valence-corrected chi connectivity index (χ0v) is 18.2. The molecule has 11 heteroatoms. The summed E-state index contributed by atoms with van der Waals surface area (Å²) in [6.07, 6.45) is -4.81. The number of esters is 3. The molecule has 1 heterocycles. The van der Waals surface area contributed by atoms with Gasteiger partial charge in [0.15, 0.2) is 18.5 Å². The molecule has 0 unspecified atom stereocenters. The topological polar surface area (TPSA) is 126 Å². The Labute approximate surface area is 184 Å². The molecule has 1 saturated heterocycles. The molecule has 0 aliphatic carbocycles. The highest BCUT2D eigenvalue weighted by Gasteiger charge is 2.51. The highest BCUT2D eigenvalue weighted by Crippen LogP contribution is 2.28. The van der Waals surface area contributed by atoms with Crippen LogP contribution < -0.4 is 5.32 Å². The minimum absolute atomic E-state index is 0.223. The summed E-state index contributed by atoms with van der Waals surface area (Å²) in [5.41, 5.74) is 0.223. The Hall–Kier alpha value is -3.05. The number of nitrogens with one attached hydrogen (secondary N) is 1. The maximum Gasteiger partial charge on any atom is 0.303 e. The highest BCUT2D eigenvalue weighted by molar-refractivity contribution is 5.73. The Morgan fingerprint density at radius 2 is 1.59 bits per heavy atom. The van der Waals surface area contributed by atoms with Gasteiger partial charge >= 0.3 is 17.9 Å². The van der Waals surface area contributed by atoms with Crippen LogP contribution in [-0.4, -0.2) is 61.1 Å². The number of carbonyl (C=O) groups is 4. The van der Waals surface area contributed by atoms with Crippen LogP contribution in [0.25, 0.3) is 0 Å². The zero-order chi connectivity index (χ0) is 23.8. The van der Waals surface area contributed by atoms with Crippen molar-refractivity contribution in [3.63, 3.8) is 0 Å². The predicted molar refractivity (Wildman–Crippen MR) is 105 cm³/mol. The number of hydrogen-bond donors (Lipinski definition) is 1. The second-order valence-electron chi connectivity index (χ2n) is 7.12. The monoisotopic (exact) mass is 455 g/mol. The van der Waals surface area contributed by atoms with E-state index in [2.05, 4.69) is 5.32 Å². The Kier molecular flexibility index (Phi) is 9.09. The Morgan fingerprint density at radius 3 is 2.16 bits per heavy atom. The number of hydrogen-bond acceptors (Lipinski definition) is 9. The van der Waals surface area contributed by atoms with E-state index in [1.54, 1.807) is 6.07 Å². The average Bonchev–Trinajstić information content (AvgIpc) is 2.68. The van der Waals surface area contributed by atoms with Crippen LogP contribution in [0.4, 0.5) is 4.39 Å². The van der Waals surface area contributed by atoms with Crippen molar-refractivity contribution < 1.29 is 47.3 Å². The fourth-order valence-corrected chi connectivity index (χ4v) is 3.22. The van der Waals surface area contributed by atoms with Crippen LogP contribution in [0.3, 0.4) is 0 Å². The molecule has 1 amide bonds. The van der Waals surface area contributed by atoms with Crippen LogP contribution >= 0.6 is 0 Å². The van der Waals surface area contributed by atoms with Gasteiger partial charge in [-0.15, -0.1) is 0 Å². The van der Waals surface area contributed by atoms with Gasteiger partial charge in [0.25, 0.3) is 0 Å². The molecule has 1 aromatic carbocycles. The van der Waals surface area contributed by atoms with Crippen molar-refractivity contribution >= 4 is 23.8 Å². The molecular formula is C21H26FNO9. The van der Waals surface area contributed by atoms with E-state index < -0.39 is 60.3 Å². The van der Waals surface area contributed by atoms with Gasteiger partial charge in [0, 0.05) is 33.3 Å². The fraction of sp³-hybridized carbons (Fsp3) is 0.524. The summed E-state index contributed by atoms with van der Waals surface area (Å²) in [5.74, 6) is -3.06. The molecule has 0 saturated carbocycles. The number of benzene rings is 1. The van der Waals surface area contributed by atoms with Gasteiger partial charge in [-0.3, -0.25) is 19.2 Å². The maximum atomic E-state index is 14.0. The molecular weight excluding hydrogens is 429 g/mol. The predicted octanol–water partition coefficient (Wildman–Crippen LogP) is 0.998. The lowest BCUT2D eigenvalue weighted by atomic mass is 9.96. The molecule has 0 aromatic heterocycles. The lowest BCUT2D eigenvalue weighted by Crippen LogP contribution is -2.66. The third kappa shape index (κ3) is 7.27. The lowest BCUT2D eigenvalue weighted by Gasteiger charge is -2.44. The summed E-state index contributed by atoms with van der Waals surface area (Å²) in [6.45, 7) is 4.10. The Balaban J connectivity index is 2.37. The minimum Gasteiger partial charge on any atom is -0.463 e. The van der Waals surface area contributed by atoms with Crippen LogP contribution in [0.1, 0.15) is 33.3 Å². The molecule has 176 valence electrons. The summed E-state index contributed by atoms with van der Waals surface area (Å²) in [4.78, 5) is 46.6. The van der Waals surface area contributed by atoms with E-state index in [-0.39, 0.29) is 18.8 Å². The average molecular weight is 455 g/mol. The lowest BCUT2D eigenvalue weighted by molar-refractivity contribution is -0.280. The second-order valence-corrected chi connectivity index (χ2v) is 7.12. The Bertz CT molecular complexity index is 846. The summed E-state index contributed by atoms with van der Waals surface area (Å²) in [7, 11) is 0. The molecule has 32 heavy (non-hydrogen) atoms. The first-order valence-corrected chi connectivity index (χ1v) is 9.83. The normalized spacial score (nSPS) is 24.8. The summed E-state index contributed by atoms with van der Waals surface area (Å²) >= 11 is 0. The van der Waals surface area contributed by atoms with Gasteiger partial charge in [-0.1, -0.05) is 18.2 Å². The molecule has 10 nitrogen and oxygen atoms in total. The SMILES string of the molecule is CC(=O)N[C@@H]1[C@@H](OCc2ccccc2F)O[C@@H](COC(C)=O)[C@H](OC(C)=O)[C@H]1OC(C)=O. The van der Waals surface area contributed by atoms with E-state index >= 15 is 0 Å². The van der Waals surface area contributed by atoms with E-state index in [0.717, 1.165) is 13.8 Å². The smallest absolute Gasteiger partial charge is 0.303 e. The molecule has 1 fully saturated rings. The van der Waals surface area contributed by atoms with Crippen molar-refractivity contribution in [2.45, 2.75) is 64.9 Å². The van der Waals surface area contributed by atoms with Gasteiger partial charge in [-0.05, 0) is 6.07 Å². The van der Waals surface area contributed by atoms with Gasteiger partial charge in [0.05, 0.1) is 6.61 Å². The van der Waals surface area contributed by atoms with Gasteiger partial charge in [0.2, 0.25) is 5.91 Å². The van der Waals surface area contributed by atoms with Crippen molar-refractivity contribution in [3.8, 4) is 0 Å². The first kappa shape index (κ1) is 25.2. The number of halogens is 1. The number of amides is 1. The van der Waals surface area contributed by atoms with Crippen molar-refractivity contribution in [2.75, 3.05) is 6.61 Å². The van der Waals surface area contributed by atoms with Gasteiger partial charge < -0.3 is 29.0 Å². The van der Waals surface area contributed by atoms with Crippen LogP contribution in [0.2, 0.25) is 0 Å². The first-order valence-electron chi connectivity index (χ1n) is 9.83. The van der Waals surface area contributed by atoms with E-state index in [4.69, 9.17) is 23.7 Å². The van der Waals surface area contributed by atoms with Crippen LogP contribution in [0, 0.1) is 5.82 Å². The van der Waals surface area contributed by atoms with Crippen LogP contribution in [-0.2, 0) is 49.5 Å². The van der Waals surface area contributed by atoms with E-state index in [0.29, 0.717) is 0 Å². The molecule has 2 rings (SSSR count). The summed E-state index contributed by atoms with van der Waals surface area (Å²) < 4.78 is 41.2. The number of ether oxygens (including phenoxy) is 5. The molecule has 1 aliphatic heterocycles. The van der Waals surface area contributed by atoms with Gasteiger partial charge in [-0.2, -0.15) is 0 Å². The summed E-state index contributed by atoms with van der Waals surface area (Å²) in [5, 5.41) is 2.57. The van der Waals surface area contributed by atoms with Crippen molar-refractivity contribution in [2.24, 2.45) is 0 Å². The largest absolute Gasteiger partial charge is 0.463 e. The first-order chi connectivity index (χ1) is 15.1. The highest BCUT2D eigenvalue weighted by atomic mass is 19.1. The van der Waals surface area contributed by atoms with Gasteiger partial charge in [-0.25, -0.2) is 4.39 Å². The van der Waals surface area contributed by atoms with E-state index in [1.807, 2.05) is 0 Å². The third-order valence-corrected chi connectivity index (χ3v) is 4.43. The zero-order valence-electron chi connectivity index (χ0n) is 18.2. The molecule has 0 bridgehead atoms. The molecule has 0 spiro atoms. The summed E-state index contributed by atoms with van der Waals surface area (Å²) in [6, 6.07) is 4.80. The molecule has 0 radical (unpaired) electrons. The van der Waals surface area contributed by atoms with Crippen molar-refractivity contribution in [3.05, 3.63) is 35.6 Å². The maximum absolute atomic E-state index is 14.0. The van der Waals surface area contributed by atoms with Crippen molar-refractivity contribution in [1.29, 1.82) is 0 Å². The van der Waals surface area contributed by atoms with E-state index in [1.165, 1.54) is 32.0 Å². The Morgan fingerprint density at radius 1 is 0.969 bits per heavy atom. The molecule has 1 aromatic rings. The number of carbonyl (C=O) groups excluding carboxylic acids is 4. The van der Waals surface area contributed by atoms with Crippen LogP contribution in [0.5, 0.6) is 0 Å². The fourth-order valence-electron chi connectivity index (χ4n) is 3.22. The standard InChI is InChI=1S/C21H26FNO9/c1-11(24)23-18-20(31-14(4)27)19(30-13(3)26)17(10-28-12(2)25)32-21(18)29-9-15-7-5-6-8-16(15)22/h5-8,17-21H,9-10H2,1-4H3,(H,23,24)/t17-,18-,19-,20-,21-/m0/s1. The van der Waals surface area contributed by atoms with Crippen LogP contribution in [0.15, 0.2) is 24.3 Å². The molecule has 1 aliphatic rings.